The lowest BCUT2D eigenvalue weighted by atomic mass is 10.2. The zero-order chi connectivity index (χ0) is 13.2. The van der Waals surface area contributed by atoms with E-state index in [4.69, 9.17) is 14.2 Å². The lowest BCUT2D eigenvalue weighted by molar-refractivity contribution is -0.146. The SMILES string of the molecule is COCCCN(CCOC)C(=O)C1CNCCO1.Cl. The summed E-state index contributed by atoms with van der Waals surface area (Å²) in [6.07, 6.45) is 0.463. The van der Waals surface area contributed by atoms with Crippen molar-refractivity contribution in [1.29, 1.82) is 0 Å². The average molecular weight is 297 g/mol. The molecule has 1 atom stereocenters. The van der Waals surface area contributed by atoms with E-state index in [0.717, 1.165) is 13.0 Å². The summed E-state index contributed by atoms with van der Waals surface area (Å²) in [7, 11) is 3.30. The van der Waals surface area contributed by atoms with Gasteiger partial charge in [0, 0.05) is 47.0 Å². The van der Waals surface area contributed by atoms with Crippen LogP contribution in [0.4, 0.5) is 0 Å². The molecule has 1 aliphatic heterocycles. The molecule has 0 aromatic heterocycles. The number of carbonyl (C=O) groups excluding carboxylic acids is 1. The van der Waals surface area contributed by atoms with Gasteiger partial charge >= 0.3 is 0 Å². The van der Waals surface area contributed by atoms with Crippen LogP contribution in [0.15, 0.2) is 0 Å². The van der Waals surface area contributed by atoms with Crippen LogP contribution >= 0.6 is 12.4 Å². The summed E-state index contributed by atoms with van der Waals surface area (Å²) in [5, 5.41) is 3.17. The first-order chi connectivity index (χ1) is 8.79. The minimum absolute atomic E-state index is 0. The van der Waals surface area contributed by atoms with Gasteiger partial charge in [0.25, 0.3) is 5.91 Å². The third kappa shape index (κ3) is 7.08. The number of hydrogen-bond acceptors (Lipinski definition) is 5. The highest BCUT2D eigenvalue weighted by Crippen LogP contribution is 2.04. The third-order valence-electron chi connectivity index (χ3n) is 2.86. The quantitative estimate of drug-likeness (QED) is 0.634. The fourth-order valence-corrected chi connectivity index (χ4v) is 1.86. The van der Waals surface area contributed by atoms with Gasteiger partial charge in [-0.15, -0.1) is 12.4 Å². The van der Waals surface area contributed by atoms with Crippen molar-refractivity contribution < 1.29 is 19.0 Å². The van der Waals surface area contributed by atoms with Gasteiger partial charge in [0.1, 0.15) is 6.10 Å². The Bertz CT molecular complexity index is 238. The standard InChI is InChI=1S/C12H24N2O4.ClH/c1-16-7-3-5-14(6-9-17-2)12(15)11-10-13-4-8-18-11;/h11,13H,3-10H2,1-2H3;1H. The van der Waals surface area contributed by atoms with Gasteiger partial charge in [0.15, 0.2) is 0 Å². The second-order valence-electron chi connectivity index (χ2n) is 4.23. The average Bonchev–Trinajstić information content (AvgIpc) is 2.43. The maximum Gasteiger partial charge on any atom is 0.253 e. The van der Waals surface area contributed by atoms with Crippen molar-refractivity contribution in [2.45, 2.75) is 12.5 Å². The van der Waals surface area contributed by atoms with Crippen molar-refractivity contribution in [3.8, 4) is 0 Å². The molecule has 1 fully saturated rings. The summed E-state index contributed by atoms with van der Waals surface area (Å²) in [4.78, 5) is 14.1. The summed E-state index contributed by atoms with van der Waals surface area (Å²) in [5.74, 6) is 0.0374. The van der Waals surface area contributed by atoms with Gasteiger partial charge in [0.05, 0.1) is 13.2 Å². The van der Waals surface area contributed by atoms with E-state index in [-0.39, 0.29) is 24.4 Å². The number of rotatable bonds is 8. The Labute approximate surface area is 121 Å². The number of morpholine rings is 1. The Hall–Kier alpha value is -0.400. The molecule has 0 aliphatic carbocycles. The molecule has 19 heavy (non-hydrogen) atoms. The van der Waals surface area contributed by atoms with Gasteiger partial charge < -0.3 is 24.4 Å². The largest absolute Gasteiger partial charge is 0.385 e. The number of nitrogens with one attached hydrogen (secondary N) is 1. The van der Waals surface area contributed by atoms with Crippen LogP contribution in [0, 0.1) is 0 Å². The molecule has 0 aromatic rings. The van der Waals surface area contributed by atoms with E-state index in [1.165, 1.54) is 0 Å². The monoisotopic (exact) mass is 296 g/mol. The summed E-state index contributed by atoms with van der Waals surface area (Å²) >= 11 is 0. The molecule has 1 rings (SSSR count). The molecule has 0 aromatic carbocycles. The molecule has 0 saturated carbocycles. The van der Waals surface area contributed by atoms with Crippen molar-refractivity contribution in [2.24, 2.45) is 0 Å². The van der Waals surface area contributed by atoms with Gasteiger partial charge in [0.2, 0.25) is 0 Å². The zero-order valence-corrected chi connectivity index (χ0v) is 12.5. The third-order valence-corrected chi connectivity index (χ3v) is 2.86. The molecular formula is C12H25ClN2O4. The molecule has 1 unspecified atom stereocenters. The minimum Gasteiger partial charge on any atom is -0.385 e. The maximum absolute atomic E-state index is 12.3. The number of amides is 1. The van der Waals surface area contributed by atoms with E-state index in [2.05, 4.69) is 5.32 Å². The van der Waals surface area contributed by atoms with E-state index in [1.807, 2.05) is 0 Å². The molecule has 7 heteroatoms. The first kappa shape index (κ1) is 18.6. The molecule has 0 bridgehead atoms. The number of ether oxygens (including phenoxy) is 3. The highest BCUT2D eigenvalue weighted by atomic mass is 35.5. The second kappa shape index (κ2) is 11.4. The van der Waals surface area contributed by atoms with Crippen LogP contribution in [-0.4, -0.2) is 77.1 Å². The molecular weight excluding hydrogens is 272 g/mol. The van der Waals surface area contributed by atoms with E-state index in [9.17, 15) is 4.79 Å². The Morgan fingerprint density at radius 3 is 2.63 bits per heavy atom. The van der Waals surface area contributed by atoms with Gasteiger partial charge in [-0.1, -0.05) is 0 Å². The highest BCUT2D eigenvalue weighted by Gasteiger charge is 2.26. The second-order valence-corrected chi connectivity index (χ2v) is 4.23. The van der Waals surface area contributed by atoms with E-state index >= 15 is 0 Å². The number of nitrogens with zero attached hydrogens (tertiary/aromatic N) is 1. The van der Waals surface area contributed by atoms with Crippen molar-refractivity contribution in [3.05, 3.63) is 0 Å². The van der Waals surface area contributed by atoms with Gasteiger partial charge in [-0.05, 0) is 6.42 Å². The first-order valence-electron chi connectivity index (χ1n) is 6.38. The van der Waals surface area contributed by atoms with Crippen molar-refractivity contribution in [1.82, 2.24) is 10.2 Å². The molecule has 0 radical (unpaired) electrons. The van der Waals surface area contributed by atoms with Crippen molar-refractivity contribution >= 4 is 18.3 Å². The van der Waals surface area contributed by atoms with Crippen LogP contribution in [0.5, 0.6) is 0 Å². The maximum atomic E-state index is 12.3. The summed E-state index contributed by atoms with van der Waals surface area (Å²) in [6, 6.07) is 0. The molecule has 1 aliphatic rings. The van der Waals surface area contributed by atoms with Gasteiger partial charge in [-0.25, -0.2) is 0 Å². The van der Waals surface area contributed by atoms with Crippen LogP contribution in [0.2, 0.25) is 0 Å². The number of halogens is 1. The smallest absolute Gasteiger partial charge is 0.253 e. The Balaban J connectivity index is 0.00000324. The topological polar surface area (TPSA) is 60.0 Å². The fourth-order valence-electron chi connectivity index (χ4n) is 1.86. The normalized spacial score (nSPS) is 18.7. The van der Waals surface area contributed by atoms with Crippen molar-refractivity contribution in [2.75, 3.05) is 60.2 Å². The molecule has 1 heterocycles. The Kier molecular flexibility index (Phi) is 11.2. The molecule has 1 saturated heterocycles. The Morgan fingerprint density at radius 2 is 2.05 bits per heavy atom. The van der Waals surface area contributed by atoms with Crippen LogP contribution in [0.25, 0.3) is 0 Å². The molecule has 1 amide bonds. The summed E-state index contributed by atoms with van der Waals surface area (Å²) in [5.41, 5.74) is 0. The van der Waals surface area contributed by atoms with Crippen LogP contribution in [0.1, 0.15) is 6.42 Å². The lowest BCUT2D eigenvalue weighted by Crippen LogP contribution is -2.50. The first-order valence-corrected chi connectivity index (χ1v) is 6.38. The zero-order valence-electron chi connectivity index (χ0n) is 11.7. The summed E-state index contributed by atoms with van der Waals surface area (Å²) in [6.45, 7) is 4.46. The van der Waals surface area contributed by atoms with Crippen molar-refractivity contribution in [3.63, 3.8) is 0 Å². The van der Waals surface area contributed by atoms with Crippen LogP contribution < -0.4 is 5.32 Å². The Morgan fingerprint density at radius 1 is 1.32 bits per heavy atom. The predicted molar refractivity (Wildman–Crippen MR) is 74.8 cm³/mol. The minimum atomic E-state index is -0.363. The molecule has 114 valence electrons. The number of methoxy groups -OCH3 is 2. The lowest BCUT2D eigenvalue weighted by Gasteiger charge is -2.29. The highest BCUT2D eigenvalue weighted by molar-refractivity contribution is 5.85. The molecule has 0 spiro atoms. The molecule has 1 N–H and O–H groups in total. The van der Waals surface area contributed by atoms with Gasteiger partial charge in [-0.2, -0.15) is 0 Å². The van der Waals surface area contributed by atoms with Crippen LogP contribution in [-0.2, 0) is 19.0 Å². The number of hydrogen-bond donors (Lipinski definition) is 1. The van der Waals surface area contributed by atoms with E-state index in [1.54, 1.807) is 19.1 Å². The fraction of sp³-hybridized carbons (Fsp3) is 0.917. The van der Waals surface area contributed by atoms with E-state index in [0.29, 0.717) is 39.5 Å². The van der Waals surface area contributed by atoms with Crippen LogP contribution in [0.3, 0.4) is 0 Å². The van der Waals surface area contributed by atoms with Gasteiger partial charge in [-0.3, -0.25) is 4.79 Å². The number of carbonyl (C=O) groups is 1. The van der Waals surface area contributed by atoms with E-state index < -0.39 is 0 Å². The molecule has 6 nitrogen and oxygen atoms in total. The summed E-state index contributed by atoms with van der Waals surface area (Å²) < 4.78 is 15.5. The predicted octanol–water partition coefficient (Wildman–Crippen LogP) is -0.0919.